The highest BCUT2D eigenvalue weighted by molar-refractivity contribution is 9.10. The zero-order chi connectivity index (χ0) is 18.7. The lowest BCUT2D eigenvalue weighted by Gasteiger charge is -2.08. The lowest BCUT2D eigenvalue weighted by atomic mass is 10.2. The first-order valence-electron chi connectivity index (χ1n) is 7.95. The van der Waals surface area contributed by atoms with E-state index in [0.717, 1.165) is 17.3 Å². The van der Waals surface area contributed by atoms with Gasteiger partial charge in [0.15, 0.2) is 9.84 Å². The second-order valence-electron chi connectivity index (χ2n) is 6.12. The summed E-state index contributed by atoms with van der Waals surface area (Å²) in [6.07, 6.45) is 1.93. The molecule has 0 atom stereocenters. The van der Waals surface area contributed by atoms with Gasteiger partial charge in [0.25, 0.3) is 5.91 Å². The third-order valence-electron chi connectivity index (χ3n) is 3.70. The monoisotopic (exact) mass is 456 g/mol. The van der Waals surface area contributed by atoms with Gasteiger partial charge in [-0.15, -0.1) is 11.3 Å². The van der Waals surface area contributed by atoms with E-state index in [1.54, 1.807) is 35.7 Å². The van der Waals surface area contributed by atoms with Crippen LogP contribution in [0.4, 0.5) is 5.00 Å². The number of carbonyl (C=O) groups excluding carboxylic acids is 2. The Kier molecular flexibility index (Phi) is 5.79. The van der Waals surface area contributed by atoms with Crippen molar-refractivity contribution < 1.29 is 18.0 Å². The second-order valence-corrected chi connectivity index (χ2v) is 10.0. The number of hydrogen-bond donors (Lipinski definition) is 2. The Balaban J connectivity index is 1.61. The maximum Gasteiger partial charge on any atom is 0.254 e. The van der Waals surface area contributed by atoms with Crippen LogP contribution in [0.3, 0.4) is 0 Å². The highest BCUT2D eigenvalue weighted by Crippen LogP contribution is 2.25. The van der Waals surface area contributed by atoms with Crippen LogP contribution < -0.4 is 10.6 Å². The normalized spacial score (nSPS) is 14.0. The van der Waals surface area contributed by atoms with Crippen molar-refractivity contribution in [3.63, 3.8) is 0 Å². The van der Waals surface area contributed by atoms with Gasteiger partial charge in [-0.05, 0) is 42.0 Å². The maximum atomic E-state index is 12.3. The molecule has 138 valence electrons. The minimum absolute atomic E-state index is 0.205. The molecule has 0 aliphatic heterocycles. The molecule has 1 aromatic carbocycles. The number of hydrogen-bond acceptors (Lipinski definition) is 5. The fraction of sp³-hybridized carbons (Fsp3) is 0.294. The van der Waals surface area contributed by atoms with E-state index in [4.69, 9.17) is 0 Å². The van der Waals surface area contributed by atoms with E-state index in [1.807, 2.05) is 0 Å². The fourth-order valence-corrected chi connectivity index (χ4v) is 4.88. The largest absolute Gasteiger partial charge is 0.349 e. The van der Waals surface area contributed by atoms with Crippen LogP contribution in [0.15, 0.2) is 40.2 Å². The first kappa shape index (κ1) is 19.1. The smallest absolute Gasteiger partial charge is 0.254 e. The second kappa shape index (κ2) is 7.89. The average molecular weight is 457 g/mol. The molecule has 1 aliphatic rings. The topological polar surface area (TPSA) is 92.3 Å². The van der Waals surface area contributed by atoms with Crippen molar-refractivity contribution in [1.82, 2.24) is 5.32 Å². The number of thiophene rings is 1. The summed E-state index contributed by atoms with van der Waals surface area (Å²) in [5.41, 5.74) is 0.965. The Morgan fingerprint density at radius 2 is 2.00 bits per heavy atom. The van der Waals surface area contributed by atoms with Crippen molar-refractivity contribution in [2.45, 2.75) is 24.6 Å². The zero-order valence-corrected chi connectivity index (χ0v) is 16.9. The molecule has 1 saturated carbocycles. The van der Waals surface area contributed by atoms with Gasteiger partial charge in [-0.2, -0.15) is 0 Å². The highest BCUT2D eigenvalue weighted by atomic mass is 79.9. The molecule has 3 rings (SSSR count). The third kappa shape index (κ3) is 5.39. The highest BCUT2D eigenvalue weighted by Gasteiger charge is 2.26. The molecule has 1 aliphatic carbocycles. The van der Waals surface area contributed by atoms with Crippen LogP contribution in [0, 0.1) is 0 Å². The summed E-state index contributed by atoms with van der Waals surface area (Å²) >= 11 is 4.48. The van der Waals surface area contributed by atoms with E-state index in [2.05, 4.69) is 26.6 Å². The van der Waals surface area contributed by atoms with Gasteiger partial charge >= 0.3 is 0 Å². The van der Waals surface area contributed by atoms with Crippen molar-refractivity contribution in [2.75, 3.05) is 11.1 Å². The molecule has 0 radical (unpaired) electrons. The molecule has 6 nitrogen and oxygen atoms in total. The Hall–Kier alpha value is -1.71. The predicted molar refractivity (Wildman–Crippen MR) is 105 cm³/mol. The zero-order valence-electron chi connectivity index (χ0n) is 13.7. The number of halogens is 1. The Morgan fingerprint density at radius 1 is 1.23 bits per heavy atom. The van der Waals surface area contributed by atoms with E-state index in [9.17, 15) is 18.0 Å². The van der Waals surface area contributed by atoms with Crippen molar-refractivity contribution in [1.29, 1.82) is 0 Å². The molecule has 2 amide bonds. The van der Waals surface area contributed by atoms with Gasteiger partial charge in [0.2, 0.25) is 5.91 Å². The minimum Gasteiger partial charge on any atom is -0.349 e. The molecule has 1 heterocycles. The van der Waals surface area contributed by atoms with Crippen LogP contribution in [0.25, 0.3) is 0 Å². The van der Waals surface area contributed by atoms with Gasteiger partial charge in [0.1, 0.15) is 10.8 Å². The molecular weight excluding hydrogens is 440 g/mol. The summed E-state index contributed by atoms with van der Waals surface area (Å²) in [6.45, 7) is 0. The predicted octanol–water partition coefficient (Wildman–Crippen LogP) is 2.96. The molecule has 1 fully saturated rings. The van der Waals surface area contributed by atoms with Crippen LogP contribution in [0.5, 0.6) is 0 Å². The number of benzene rings is 1. The molecule has 0 saturated heterocycles. The Bertz CT molecular complexity index is 936. The third-order valence-corrected chi connectivity index (χ3v) is 6.50. The minimum atomic E-state index is -3.62. The fourth-order valence-electron chi connectivity index (χ4n) is 2.37. The number of amides is 2. The van der Waals surface area contributed by atoms with Gasteiger partial charge in [0, 0.05) is 10.5 Å². The van der Waals surface area contributed by atoms with Gasteiger partial charge in [-0.3, -0.25) is 9.59 Å². The van der Waals surface area contributed by atoms with Crippen molar-refractivity contribution in [2.24, 2.45) is 0 Å². The number of anilines is 1. The summed E-state index contributed by atoms with van der Waals surface area (Å²) in [4.78, 5) is 24.3. The Labute approximate surface area is 164 Å². The van der Waals surface area contributed by atoms with Gasteiger partial charge in [-0.1, -0.05) is 28.1 Å². The summed E-state index contributed by atoms with van der Waals surface area (Å²) in [5.74, 6) is -1.76. The molecule has 0 spiro atoms. The van der Waals surface area contributed by atoms with Crippen LogP contribution >= 0.6 is 27.3 Å². The molecule has 9 heteroatoms. The van der Waals surface area contributed by atoms with Crippen LogP contribution in [0.1, 0.15) is 28.8 Å². The summed E-state index contributed by atoms with van der Waals surface area (Å²) < 4.78 is 25.3. The standard InChI is InChI=1S/C17H17BrN2O4S2/c18-12-3-1-2-11(8-12)9-26(23,24)10-15(21)20-17-14(6-7-25-17)16(22)19-13-4-5-13/h1-3,6-8,13H,4-5,9-10H2,(H,19,22)(H,20,21). The first-order valence-corrected chi connectivity index (χ1v) is 11.4. The van der Waals surface area contributed by atoms with E-state index in [-0.39, 0.29) is 17.7 Å². The Morgan fingerprint density at radius 3 is 2.69 bits per heavy atom. The molecule has 26 heavy (non-hydrogen) atoms. The van der Waals surface area contributed by atoms with Crippen LogP contribution in [0.2, 0.25) is 0 Å². The molecule has 2 N–H and O–H groups in total. The first-order chi connectivity index (χ1) is 12.3. The SMILES string of the molecule is O=C(CS(=O)(=O)Cc1cccc(Br)c1)Nc1sccc1C(=O)NC1CC1. The number of nitrogens with one attached hydrogen (secondary N) is 2. The van der Waals surface area contributed by atoms with Gasteiger partial charge in [0.05, 0.1) is 11.3 Å². The molecule has 0 bridgehead atoms. The molecular formula is C17H17BrN2O4S2. The molecule has 0 unspecified atom stereocenters. The quantitative estimate of drug-likeness (QED) is 0.669. The van der Waals surface area contributed by atoms with Crippen molar-refractivity contribution >= 4 is 53.9 Å². The molecule has 1 aromatic heterocycles. The van der Waals surface area contributed by atoms with Crippen molar-refractivity contribution in [3.05, 3.63) is 51.3 Å². The van der Waals surface area contributed by atoms with E-state index < -0.39 is 21.5 Å². The summed E-state index contributed by atoms with van der Waals surface area (Å²) in [5, 5.41) is 7.45. The van der Waals surface area contributed by atoms with Gasteiger partial charge < -0.3 is 10.6 Å². The van der Waals surface area contributed by atoms with E-state index >= 15 is 0 Å². The summed E-state index contributed by atoms with van der Waals surface area (Å²) in [7, 11) is -3.62. The lowest BCUT2D eigenvalue weighted by Crippen LogP contribution is -2.27. The van der Waals surface area contributed by atoms with Crippen LogP contribution in [-0.2, 0) is 20.4 Å². The van der Waals surface area contributed by atoms with Crippen molar-refractivity contribution in [3.8, 4) is 0 Å². The summed E-state index contributed by atoms with van der Waals surface area (Å²) in [6, 6.07) is 8.76. The molecule has 2 aromatic rings. The number of rotatable bonds is 7. The van der Waals surface area contributed by atoms with Gasteiger partial charge in [-0.25, -0.2) is 8.42 Å². The van der Waals surface area contributed by atoms with E-state index in [0.29, 0.717) is 16.1 Å². The van der Waals surface area contributed by atoms with E-state index in [1.165, 1.54) is 11.3 Å². The number of carbonyl (C=O) groups is 2. The maximum absolute atomic E-state index is 12.3. The lowest BCUT2D eigenvalue weighted by molar-refractivity contribution is -0.113. The number of sulfone groups is 1. The average Bonchev–Trinajstić information content (AvgIpc) is 3.22. The van der Waals surface area contributed by atoms with Crippen LogP contribution in [-0.4, -0.2) is 32.0 Å².